The van der Waals surface area contributed by atoms with Crippen LogP contribution in [0.1, 0.15) is 45.4 Å². The van der Waals surface area contributed by atoms with E-state index in [0.29, 0.717) is 30.4 Å². The van der Waals surface area contributed by atoms with Crippen molar-refractivity contribution in [1.29, 1.82) is 0 Å². The molecule has 0 aromatic rings. The van der Waals surface area contributed by atoms with Gasteiger partial charge in [0.25, 0.3) is 0 Å². The molecule has 0 bridgehead atoms. The molecular formula is C17H23ClO2. The molecule has 1 heterocycles. The van der Waals surface area contributed by atoms with E-state index in [1.165, 1.54) is 19.3 Å². The van der Waals surface area contributed by atoms with E-state index in [2.05, 4.69) is 25.7 Å². The van der Waals surface area contributed by atoms with Crippen molar-refractivity contribution in [2.24, 2.45) is 17.3 Å². The number of halogens is 1. The molecule has 0 spiro atoms. The maximum absolute atomic E-state index is 12.4. The predicted molar refractivity (Wildman–Crippen MR) is 80.6 cm³/mol. The fourth-order valence-corrected chi connectivity index (χ4v) is 4.74. The van der Waals surface area contributed by atoms with Gasteiger partial charge in [0.2, 0.25) is 0 Å². The third-order valence-corrected chi connectivity index (χ3v) is 5.93. The Balaban J connectivity index is 1.86. The van der Waals surface area contributed by atoms with Crippen molar-refractivity contribution in [3.63, 3.8) is 0 Å². The van der Waals surface area contributed by atoms with E-state index >= 15 is 0 Å². The smallest absolute Gasteiger partial charge is 0.141 e. The summed E-state index contributed by atoms with van der Waals surface area (Å²) in [5.41, 5.74) is -0.519. The molecule has 0 radical (unpaired) electrons. The third-order valence-electron chi connectivity index (χ3n) is 5.71. The van der Waals surface area contributed by atoms with E-state index in [9.17, 15) is 4.79 Å². The second kappa shape index (κ2) is 4.91. The van der Waals surface area contributed by atoms with Gasteiger partial charge in [-0.3, -0.25) is 4.79 Å². The van der Waals surface area contributed by atoms with Gasteiger partial charge in [-0.05, 0) is 44.9 Å². The van der Waals surface area contributed by atoms with Crippen molar-refractivity contribution in [2.45, 2.75) is 51.0 Å². The molecular weight excluding hydrogens is 272 g/mol. The lowest BCUT2D eigenvalue weighted by molar-refractivity contribution is -0.204. The molecule has 1 saturated heterocycles. The summed E-state index contributed by atoms with van der Waals surface area (Å²) in [4.78, 5) is 12.4. The lowest BCUT2D eigenvalue weighted by atomic mass is 9.61. The van der Waals surface area contributed by atoms with Gasteiger partial charge in [-0.1, -0.05) is 18.7 Å². The van der Waals surface area contributed by atoms with Crippen LogP contribution in [0.4, 0.5) is 0 Å². The molecule has 0 amide bonds. The maximum Gasteiger partial charge on any atom is 0.141 e. The van der Waals surface area contributed by atoms with Gasteiger partial charge in [0.1, 0.15) is 17.1 Å². The number of rotatable bonds is 4. The average Bonchev–Trinajstić information content (AvgIpc) is 2.59. The van der Waals surface area contributed by atoms with Crippen LogP contribution in [0.15, 0.2) is 24.5 Å². The predicted octanol–water partition coefficient (Wildman–Crippen LogP) is 4.24. The summed E-state index contributed by atoms with van der Waals surface area (Å²) in [6.07, 6.45) is 10.6. The van der Waals surface area contributed by atoms with Crippen LogP contribution in [-0.4, -0.2) is 17.3 Å². The van der Waals surface area contributed by atoms with Crippen LogP contribution in [0.5, 0.6) is 0 Å². The molecule has 0 unspecified atom stereocenters. The van der Waals surface area contributed by atoms with E-state index in [1.54, 1.807) is 0 Å². The molecule has 110 valence electrons. The molecule has 2 aliphatic carbocycles. The number of allylic oxidation sites excluding steroid dienone is 2. The van der Waals surface area contributed by atoms with Crippen LogP contribution in [-0.2, 0) is 9.53 Å². The van der Waals surface area contributed by atoms with Crippen molar-refractivity contribution < 1.29 is 9.53 Å². The van der Waals surface area contributed by atoms with Crippen LogP contribution >= 0.6 is 11.6 Å². The first kappa shape index (κ1) is 14.2. The maximum atomic E-state index is 12.4. The lowest BCUT2D eigenvalue weighted by Crippen LogP contribution is -2.59. The first-order chi connectivity index (χ1) is 9.53. The van der Waals surface area contributed by atoms with Crippen LogP contribution in [0.3, 0.4) is 0 Å². The second-order valence-corrected chi connectivity index (χ2v) is 7.09. The van der Waals surface area contributed by atoms with Crippen molar-refractivity contribution in [1.82, 2.24) is 0 Å². The number of hydrogen-bond donors (Lipinski definition) is 0. The van der Waals surface area contributed by atoms with Gasteiger partial charge in [-0.15, -0.1) is 11.6 Å². The zero-order chi connectivity index (χ0) is 14.4. The van der Waals surface area contributed by atoms with Gasteiger partial charge in [0.05, 0.1) is 11.3 Å². The summed E-state index contributed by atoms with van der Waals surface area (Å²) in [7, 11) is 0. The fourth-order valence-electron chi connectivity index (χ4n) is 4.52. The Bertz CT molecular complexity index is 470. The van der Waals surface area contributed by atoms with Crippen LogP contribution in [0, 0.1) is 17.3 Å². The second-order valence-electron chi connectivity index (χ2n) is 6.71. The number of carbonyl (C=O) groups is 1. The van der Waals surface area contributed by atoms with E-state index < -0.39 is 0 Å². The van der Waals surface area contributed by atoms with Gasteiger partial charge in [-0.2, -0.15) is 0 Å². The molecule has 3 aliphatic rings. The molecule has 2 nitrogen and oxygen atoms in total. The minimum absolute atomic E-state index is 0.0573. The standard InChI is InChI=1S/C17H23ClO2/c1-12-17(10-13-6-4-3-5-7-13)11-15(19)14(8-9-18)16(17,2)20-12/h4,6,13-14H,1,3,5,7-11H2,2H3/t13-,14+,16+,17+/m1/s1. The molecule has 3 rings (SSSR count). The molecule has 0 aromatic carbocycles. The number of fused-ring (bicyclic) bond motifs is 1. The molecule has 4 atom stereocenters. The van der Waals surface area contributed by atoms with E-state index in [1.807, 2.05) is 0 Å². The Hall–Kier alpha value is -0.760. The molecule has 1 saturated carbocycles. The van der Waals surface area contributed by atoms with Gasteiger partial charge in [-0.25, -0.2) is 0 Å². The number of alkyl halides is 1. The van der Waals surface area contributed by atoms with Crippen LogP contribution in [0.2, 0.25) is 0 Å². The first-order valence-electron chi connectivity index (χ1n) is 7.67. The number of carbonyl (C=O) groups excluding carboxylic acids is 1. The number of hydrogen-bond acceptors (Lipinski definition) is 2. The first-order valence-corrected chi connectivity index (χ1v) is 8.21. The monoisotopic (exact) mass is 294 g/mol. The van der Waals surface area contributed by atoms with Gasteiger partial charge in [0.15, 0.2) is 0 Å². The summed E-state index contributed by atoms with van der Waals surface area (Å²) < 4.78 is 5.93. The quantitative estimate of drug-likeness (QED) is 0.572. The average molecular weight is 295 g/mol. The molecule has 3 heteroatoms. The number of ketones is 1. The molecule has 1 aliphatic heterocycles. The SMILES string of the molecule is C=C1O[C@@]2(C)[C@@H](CCCl)C(=O)C[C@@]12C[C@@H]1C=CCCC1. The van der Waals surface area contributed by atoms with Gasteiger partial charge < -0.3 is 4.74 Å². The summed E-state index contributed by atoms with van der Waals surface area (Å²) in [5, 5.41) is 0. The normalized spacial score (nSPS) is 43.1. The van der Waals surface area contributed by atoms with Crippen molar-refractivity contribution in [3.8, 4) is 0 Å². The van der Waals surface area contributed by atoms with Crippen molar-refractivity contribution in [3.05, 3.63) is 24.5 Å². The summed E-state index contributed by atoms with van der Waals surface area (Å²) in [6.45, 7) is 6.18. The lowest BCUT2D eigenvalue weighted by Gasteiger charge is -2.57. The molecule has 0 aromatic heterocycles. The zero-order valence-electron chi connectivity index (χ0n) is 12.2. The van der Waals surface area contributed by atoms with Crippen molar-refractivity contribution in [2.75, 3.05) is 5.88 Å². The minimum atomic E-state index is -0.374. The Morgan fingerprint density at radius 1 is 1.55 bits per heavy atom. The van der Waals surface area contributed by atoms with E-state index in [-0.39, 0.29) is 16.9 Å². The Morgan fingerprint density at radius 2 is 2.35 bits per heavy atom. The van der Waals surface area contributed by atoms with Crippen molar-refractivity contribution >= 4 is 17.4 Å². The summed E-state index contributed by atoms with van der Waals surface area (Å²) >= 11 is 5.88. The van der Waals surface area contributed by atoms with E-state index in [0.717, 1.165) is 12.2 Å². The Kier molecular flexibility index (Phi) is 3.48. The largest absolute Gasteiger partial charge is 0.490 e. The van der Waals surface area contributed by atoms with Crippen LogP contribution < -0.4 is 0 Å². The zero-order valence-corrected chi connectivity index (χ0v) is 12.9. The minimum Gasteiger partial charge on any atom is -0.490 e. The van der Waals surface area contributed by atoms with Gasteiger partial charge in [0, 0.05) is 12.3 Å². The molecule has 20 heavy (non-hydrogen) atoms. The molecule has 2 fully saturated rings. The Morgan fingerprint density at radius 3 is 2.95 bits per heavy atom. The summed E-state index contributed by atoms with van der Waals surface area (Å²) in [6, 6.07) is 0. The summed E-state index contributed by atoms with van der Waals surface area (Å²) in [5.74, 6) is 2.15. The highest BCUT2D eigenvalue weighted by atomic mass is 35.5. The van der Waals surface area contributed by atoms with Crippen LogP contribution in [0.25, 0.3) is 0 Å². The highest BCUT2D eigenvalue weighted by molar-refractivity contribution is 6.18. The Labute approximate surface area is 126 Å². The number of Topliss-reactive ketones (excluding diaryl/α,β-unsaturated/α-hetero) is 1. The highest BCUT2D eigenvalue weighted by Gasteiger charge is 2.71. The molecule has 0 N–H and O–H groups in total. The van der Waals surface area contributed by atoms with E-state index in [4.69, 9.17) is 16.3 Å². The fraction of sp³-hybridized carbons (Fsp3) is 0.706. The highest BCUT2D eigenvalue weighted by Crippen LogP contribution is 2.66. The third kappa shape index (κ3) is 1.80. The topological polar surface area (TPSA) is 26.3 Å². The van der Waals surface area contributed by atoms with Gasteiger partial charge >= 0.3 is 0 Å². The number of ether oxygens (including phenoxy) is 1.